The minimum atomic E-state index is -0.988. The lowest BCUT2D eigenvalue weighted by atomic mass is 10.1. The van der Waals surface area contributed by atoms with Gasteiger partial charge >= 0.3 is 0 Å². The molecule has 1 N–H and O–H groups in total. The van der Waals surface area contributed by atoms with Gasteiger partial charge in [-0.3, -0.25) is 4.21 Å². The molecule has 4 heteroatoms. The molecule has 3 nitrogen and oxygen atoms in total. The summed E-state index contributed by atoms with van der Waals surface area (Å²) in [6, 6.07) is 7.50. The van der Waals surface area contributed by atoms with E-state index in [1.165, 1.54) is 0 Å². The Morgan fingerprint density at radius 2 is 1.94 bits per heavy atom. The van der Waals surface area contributed by atoms with Gasteiger partial charge in [-0.25, -0.2) is 0 Å². The van der Waals surface area contributed by atoms with Crippen molar-refractivity contribution in [2.24, 2.45) is 0 Å². The van der Waals surface area contributed by atoms with E-state index in [2.05, 4.69) is 26.1 Å². The molecule has 0 saturated heterocycles. The normalized spacial score (nSPS) is 13.3. The van der Waals surface area contributed by atoms with Gasteiger partial charge in [-0.05, 0) is 45.9 Å². The summed E-state index contributed by atoms with van der Waals surface area (Å²) in [6.45, 7) is 7.27. The summed E-state index contributed by atoms with van der Waals surface area (Å²) >= 11 is 0. The number of ether oxygens (including phenoxy) is 1. The molecule has 102 valence electrons. The first-order chi connectivity index (χ1) is 8.44. The Balaban J connectivity index is 2.46. The Bertz CT molecular complexity index is 399. The third kappa shape index (κ3) is 5.19. The second-order valence-electron chi connectivity index (χ2n) is 5.23. The van der Waals surface area contributed by atoms with E-state index < -0.39 is 10.8 Å². The van der Waals surface area contributed by atoms with Gasteiger partial charge < -0.3 is 10.1 Å². The van der Waals surface area contributed by atoms with E-state index in [1.54, 1.807) is 7.11 Å². The Hall–Kier alpha value is -0.870. The molecular weight excluding hydrogens is 246 g/mol. The molecule has 0 radical (unpaired) electrons. The van der Waals surface area contributed by atoms with Crippen LogP contribution in [0.15, 0.2) is 29.2 Å². The molecular formula is C14H23NO2S. The zero-order valence-corrected chi connectivity index (χ0v) is 12.5. The average Bonchev–Trinajstić information content (AvgIpc) is 2.33. The zero-order valence-electron chi connectivity index (χ0n) is 11.7. The largest absolute Gasteiger partial charge is 0.495 e. The van der Waals surface area contributed by atoms with E-state index in [1.807, 2.05) is 24.3 Å². The number of hydrogen-bond acceptors (Lipinski definition) is 3. The lowest BCUT2D eigenvalue weighted by molar-refractivity contribution is 0.404. The van der Waals surface area contributed by atoms with Crippen LogP contribution in [0, 0.1) is 0 Å². The molecule has 0 amide bonds. The van der Waals surface area contributed by atoms with Crippen molar-refractivity contribution in [3.8, 4) is 5.75 Å². The lowest BCUT2D eigenvalue weighted by Gasteiger charge is -2.20. The predicted octanol–water partition coefficient (Wildman–Crippen LogP) is 2.58. The van der Waals surface area contributed by atoms with Crippen LogP contribution in [0.2, 0.25) is 0 Å². The Morgan fingerprint density at radius 3 is 2.56 bits per heavy atom. The van der Waals surface area contributed by atoms with Crippen molar-refractivity contribution in [3.05, 3.63) is 24.3 Å². The Morgan fingerprint density at radius 1 is 1.28 bits per heavy atom. The van der Waals surface area contributed by atoms with Crippen LogP contribution >= 0.6 is 0 Å². The monoisotopic (exact) mass is 269 g/mol. The first-order valence-electron chi connectivity index (χ1n) is 6.20. The smallest absolute Gasteiger partial charge is 0.134 e. The number of hydrogen-bond donors (Lipinski definition) is 1. The molecule has 0 aliphatic carbocycles. The van der Waals surface area contributed by atoms with Crippen molar-refractivity contribution in [1.29, 1.82) is 0 Å². The summed E-state index contributed by atoms with van der Waals surface area (Å²) in [5.74, 6) is 1.36. The van der Waals surface area contributed by atoms with E-state index in [4.69, 9.17) is 4.74 Å². The van der Waals surface area contributed by atoms with E-state index in [-0.39, 0.29) is 5.54 Å². The average molecular weight is 269 g/mol. The number of benzene rings is 1. The van der Waals surface area contributed by atoms with Crippen LogP contribution in [-0.2, 0) is 10.8 Å². The highest BCUT2D eigenvalue weighted by Crippen LogP contribution is 2.21. The number of rotatable bonds is 6. The van der Waals surface area contributed by atoms with E-state index in [0.29, 0.717) is 11.5 Å². The number of methoxy groups -OCH3 is 1. The third-order valence-electron chi connectivity index (χ3n) is 2.48. The summed E-state index contributed by atoms with van der Waals surface area (Å²) < 4.78 is 17.4. The molecule has 0 fully saturated rings. The van der Waals surface area contributed by atoms with Crippen LogP contribution in [0.1, 0.15) is 27.2 Å². The second kappa shape index (κ2) is 6.90. The van der Waals surface area contributed by atoms with Gasteiger partial charge in [0.25, 0.3) is 0 Å². The maximum absolute atomic E-state index is 12.2. The molecule has 1 atom stereocenters. The Kier molecular flexibility index (Phi) is 5.82. The first kappa shape index (κ1) is 15.2. The van der Waals surface area contributed by atoms with Crippen molar-refractivity contribution >= 4 is 10.8 Å². The molecule has 1 unspecified atom stereocenters. The molecule has 0 heterocycles. The van der Waals surface area contributed by atoms with Gasteiger partial charge in [0.1, 0.15) is 5.75 Å². The van der Waals surface area contributed by atoms with E-state index >= 15 is 0 Å². The van der Waals surface area contributed by atoms with Crippen molar-refractivity contribution in [2.45, 2.75) is 37.6 Å². The van der Waals surface area contributed by atoms with Gasteiger partial charge in [-0.15, -0.1) is 0 Å². The maximum Gasteiger partial charge on any atom is 0.134 e. The van der Waals surface area contributed by atoms with Crippen molar-refractivity contribution in [3.63, 3.8) is 0 Å². The van der Waals surface area contributed by atoms with Crippen LogP contribution in [0.4, 0.5) is 0 Å². The molecule has 0 aliphatic heterocycles. The quantitative estimate of drug-likeness (QED) is 0.807. The Labute approximate surface area is 112 Å². The van der Waals surface area contributed by atoms with Crippen LogP contribution in [0.25, 0.3) is 0 Å². The molecule has 0 aliphatic rings. The summed E-state index contributed by atoms with van der Waals surface area (Å²) in [4.78, 5) is 0.788. The van der Waals surface area contributed by atoms with Crippen LogP contribution < -0.4 is 10.1 Å². The van der Waals surface area contributed by atoms with E-state index in [0.717, 1.165) is 17.9 Å². The maximum atomic E-state index is 12.2. The highest BCUT2D eigenvalue weighted by Gasteiger charge is 2.11. The summed E-state index contributed by atoms with van der Waals surface area (Å²) in [7, 11) is 0.620. The zero-order chi connectivity index (χ0) is 13.6. The van der Waals surface area contributed by atoms with E-state index in [9.17, 15) is 4.21 Å². The molecule has 1 aromatic carbocycles. The molecule has 0 aromatic heterocycles. The first-order valence-corrected chi connectivity index (χ1v) is 7.52. The lowest BCUT2D eigenvalue weighted by Crippen LogP contribution is -2.36. The topological polar surface area (TPSA) is 38.3 Å². The third-order valence-corrected chi connectivity index (χ3v) is 3.96. The fraction of sp³-hybridized carbons (Fsp3) is 0.571. The van der Waals surface area contributed by atoms with Gasteiger partial charge in [-0.2, -0.15) is 0 Å². The van der Waals surface area contributed by atoms with Gasteiger partial charge in [0.05, 0.1) is 22.8 Å². The number of para-hydroxylation sites is 1. The summed E-state index contributed by atoms with van der Waals surface area (Å²) in [5, 5.41) is 3.39. The molecule has 1 rings (SSSR count). The molecule has 1 aromatic rings. The van der Waals surface area contributed by atoms with Crippen molar-refractivity contribution in [1.82, 2.24) is 5.32 Å². The van der Waals surface area contributed by atoms with Gasteiger partial charge in [0.2, 0.25) is 0 Å². The number of nitrogens with one attached hydrogen (secondary N) is 1. The minimum Gasteiger partial charge on any atom is -0.495 e. The van der Waals surface area contributed by atoms with Crippen molar-refractivity contribution < 1.29 is 8.95 Å². The van der Waals surface area contributed by atoms with Gasteiger partial charge in [0, 0.05) is 11.3 Å². The standard InChI is InChI=1S/C14H23NO2S/c1-14(2,3)15-10-7-11-18(16)13-9-6-5-8-12(13)17-4/h5-6,8-9,15H,7,10-11H2,1-4H3. The predicted molar refractivity (Wildman–Crippen MR) is 76.6 cm³/mol. The fourth-order valence-corrected chi connectivity index (χ4v) is 2.82. The van der Waals surface area contributed by atoms with Crippen LogP contribution in [-0.4, -0.2) is 29.2 Å². The highest BCUT2D eigenvalue weighted by atomic mass is 32.2. The SMILES string of the molecule is COc1ccccc1S(=O)CCCNC(C)(C)C. The molecule has 0 spiro atoms. The molecule has 18 heavy (non-hydrogen) atoms. The molecule has 0 bridgehead atoms. The molecule has 0 saturated carbocycles. The van der Waals surface area contributed by atoms with Crippen LogP contribution in [0.3, 0.4) is 0 Å². The van der Waals surface area contributed by atoms with Gasteiger partial charge in [0.15, 0.2) is 0 Å². The second-order valence-corrected chi connectivity index (χ2v) is 6.77. The highest BCUT2D eigenvalue weighted by molar-refractivity contribution is 7.85. The summed E-state index contributed by atoms with van der Waals surface area (Å²) in [6.07, 6.45) is 0.891. The summed E-state index contributed by atoms with van der Waals surface area (Å²) in [5.41, 5.74) is 0.117. The minimum absolute atomic E-state index is 0.117. The van der Waals surface area contributed by atoms with Crippen molar-refractivity contribution in [2.75, 3.05) is 19.4 Å². The van der Waals surface area contributed by atoms with Crippen LogP contribution in [0.5, 0.6) is 5.75 Å². The fourth-order valence-electron chi connectivity index (χ4n) is 1.58. The van der Waals surface area contributed by atoms with Gasteiger partial charge in [-0.1, -0.05) is 12.1 Å².